The molecule has 0 atom stereocenters. The number of benzene rings is 1. The van der Waals surface area contributed by atoms with Gasteiger partial charge in [0.15, 0.2) is 0 Å². The summed E-state index contributed by atoms with van der Waals surface area (Å²) in [5, 5.41) is 7.17. The molecule has 60 valence electrons. The number of nitrogens with zero attached hydrogens (tertiary/aromatic N) is 2. The van der Waals surface area contributed by atoms with Crippen LogP contribution in [0.4, 0.5) is 0 Å². The zero-order valence-electron chi connectivity index (χ0n) is 6.10. The molecule has 0 bridgehead atoms. The van der Waals surface area contributed by atoms with Crippen molar-refractivity contribution in [2.24, 2.45) is 0 Å². The van der Waals surface area contributed by atoms with E-state index >= 15 is 0 Å². The van der Waals surface area contributed by atoms with Gasteiger partial charge >= 0.3 is 0 Å². The molecule has 0 aliphatic heterocycles. The topological polar surface area (TPSA) is 38.9 Å². The van der Waals surface area contributed by atoms with Gasteiger partial charge in [0.05, 0.1) is 12.3 Å². The standard InChI is InChI=1S/C8H5N2O.W/c1-2-4-7(5-3-1)8-10-9-6-11-8;/h1-5H;/q-1;. The van der Waals surface area contributed by atoms with E-state index in [-0.39, 0.29) is 21.1 Å². The number of aromatic nitrogens is 2. The third kappa shape index (κ3) is 1.80. The predicted molar refractivity (Wildman–Crippen MR) is 38.6 cm³/mol. The Morgan fingerprint density at radius 1 is 1.17 bits per heavy atom. The quantitative estimate of drug-likeness (QED) is 0.745. The van der Waals surface area contributed by atoms with Crippen LogP contribution in [0.25, 0.3) is 11.5 Å². The molecular formula is C8H5N2OW-. The van der Waals surface area contributed by atoms with Crippen LogP contribution in [0, 0.1) is 6.39 Å². The van der Waals surface area contributed by atoms with Crippen LogP contribution in [-0.4, -0.2) is 10.2 Å². The maximum Gasteiger partial charge on any atom is 0.0867 e. The fourth-order valence-corrected chi connectivity index (χ4v) is 0.847. The van der Waals surface area contributed by atoms with Gasteiger partial charge in [0.25, 0.3) is 0 Å². The summed E-state index contributed by atoms with van der Waals surface area (Å²) in [6.07, 6.45) is 2.29. The Bertz CT molecular complexity index is 320. The van der Waals surface area contributed by atoms with Crippen LogP contribution in [0.1, 0.15) is 0 Å². The van der Waals surface area contributed by atoms with Crippen LogP contribution in [0.2, 0.25) is 0 Å². The van der Waals surface area contributed by atoms with Crippen molar-refractivity contribution in [1.82, 2.24) is 10.2 Å². The van der Waals surface area contributed by atoms with Gasteiger partial charge in [-0.2, -0.15) is 0 Å². The summed E-state index contributed by atoms with van der Waals surface area (Å²) in [6, 6.07) is 9.57. The zero-order chi connectivity index (χ0) is 7.52. The molecule has 4 heteroatoms. The van der Waals surface area contributed by atoms with Crippen molar-refractivity contribution in [3.05, 3.63) is 36.7 Å². The van der Waals surface area contributed by atoms with E-state index in [1.807, 2.05) is 30.3 Å². The van der Waals surface area contributed by atoms with Crippen molar-refractivity contribution >= 4 is 0 Å². The molecule has 0 saturated heterocycles. The summed E-state index contributed by atoms with van der Waals surface area (Å²) in [5.74, 6) is 0.505. The molecule has 0 aliphatic rings. The van der Waals surface area contributed by atoms with Gasteiger partial charge in [0.2, 0.25) is 0 Å². The van der Waals surface area contributed by atoms with Crippen molar-refractivity contribution < 1.29 is 25.5 Å². The molecule has 0 unspecified atom stereocenters. The van der Waals surface area contributed by atoms with Gasteiger partial charge in [-0.25, -0.2) is 10.2 Å². The van der Waals surface area contributed by atoms with Crippen molar-refractivity contribution in [1.29, 1.82) is 0 Å². The minimum atomic E-state index is 0. The second-order valence-electron chi connectivity index (χ2n) is 2.06. The Morgan fingerprint density at radius 3 is 2.50 bits per heavy atom. The summed E-state index contributed by atoms with van der Waals surface area (Å²) < 4.78 is 4.87. The van der Waals surface area contributed by atoms with E-state index in [0.717, 1.165) is 5.56 Å². The van der Waals surface area contributed by atoms with E-state index in [1.165, 1.54) is 0 Å². The van der Waals surface area contributed by atoms with Gasteiger partial charge in [-0.3, -0.25) is 0 Å². The Balaban J connectivity index is 0.000000720. The Kier molecular flexibility index (Phi) is 3.17. The van der Waals surface area contributed by atoms with Crippen molar-refractivity contribution in [3.8, 4) is 11.5 Å². The first-order chi connectivity index (χ1) is 5.47. The van der Waals surface area contributed by atoms with E-state index in [4.69, 9.17) is 4.42 Å². The van der Waals surface area contributed by atoms with Crippen molar-refractivity contribution in [3.63, 3.8) is 0 Å². The molecule has 2 rings (SSSR count). The second-order valence-corrected chi connectivity index (χ2v) is 2.06. The van der Waals surface area contributed by atoms with E-state index < -0.39 is 0 Å². The van der Waals surface area contributed by atoms with Crippen LogP contribution in [0.15, 0.2) is 34.7 Å². The van der Waals surface area contributed by atoms with E-state index in [2.05, 4.69) is 16.6 Å². The molecular weight excluding hydrogens is 324 g/mol. The normalized spacial score (nSPS) is 9.00. The van der Waals surface area contributed by atoms with E-state index in [0.29, 0.717) is 5.89 Å². The monoisotopic (exact) mass is 329 g/mol. The van der Waals surface area contributed by atoms with Gasteiger partial charge in [-0.1, -0.05) is 30.3 Å². The summed E-state index contributed by atoms with van der Waals surface area (Å²) in [6.45, 7) is 0. The Morgan fingerprint density at radius 2 is 1.92 bits per heavy atom. The molecule has 0 amide bonds. The van der Waals surface area contributed by atoms with Gasteiger partial charge < -0.3 is 4.42 Å². The minimum Gasteiger partial charge on any atom is -0.609 e. The number of hydrogen-bond donors (Lipinski definition) is 0. The third-order valence-electron chi connectivity index (χ3n) is 1.34. The van der Waals surface area contributed by atoms with E-state index in [9.17, 15) is 0 Å². The van der Waals surface area contributed by atoms with Gasteiger partial charge in [-0.05, 0) is 5.56 Å². The van der Waals surface area contributed by atoms with Crippen LogP contribution in [0.3, 0.4) is 0 Å². The molecule has 1 aromatic carbocycles. The fraction of sp³-hybridized carbons (Fsp3) is 0. The average molecular weight is 329 g/mol. The minimum absolute atomic E-state index is 0. The summed E-state index contributed by atoms with van der Waals surface area (Å²) in [7, 11) is 0. The summed E-state index contributed by atoms with van der Waals surface area (Å²) >= 11 is 0. The molecule has 0 radical (unpaired) electrons. The largest absolute Gasteiger partial charge is 0.609 e. The van der Waals surface area contributed by atoms with Crippen LogP contribution < -0.4 is 0 Å². The number of hydrogen-bond acceptors (Lipinski definition) is 3. The molecule has 2 aromatic rings. The van der Waals surface area contributed by atoms with Gasteiger partial charge in [0.1, 0.15) is 0 Å². The molecule has 3 nitrogen and oxygen atoms in total. The molecule has 0 spiro atoms. The molecule has 1 aromatic heterocycles. The zero-order valence-corrected chi connectivity index (χ0v) is 9.03. The third-order valence-corrected chi connectivity index (χ3v) is 1.34. The molecule has 1 heterocycles. The molecule has 0 saturated carbocycles. The predicted octanol–water partition coefficient (Wildman–Crippen LogP) is 1.53. The smallest absolute Gasteiger partial charge is 0.0867 e. The second kappa shape index (κ2) is 4.17. The maximum absolute atomic E-state index is 4.87. The molecule has 0 N–H and O–H groups in total. The maximum atomic E-state index is 4.87. The number of rotatable bonds is 1. The molecule has 0 fully saturated rings. The Hall–Kier alpha value is -0.952. The van der Waals surface area contributed by atoms with Crippen molar-refractivity contribution in [2.45, 2.75) is 0 Å². The summed E-state index contributed by atoms with van der Waals surface area (Å²) in [4.78, 5) is 0. The fourth-order valence-electron chi connectivity index (χ4n) is 0.847. The van der Waals surface area contributed by atoms with Crippen molar-refractivity contribution in [2.75, 3.05) is 0 Å². The van der Waals surface area contributed by atoms with E-state index in [1.54, 1.807) is 0 Å². The van der Waals surface area contributed by atoms with Crippen LogP contribution >= 0.6 is 0 Å². The molecule has 0 aliphatic carbocycles. The van der Waals surface area contributed by atoms with Gasteiger partial charge in [0, 0.05) is 21.1 Å². The first kappa shape index (κ1) is 9.14. The average Bonchev–Trinajstić information content (AvgIpc) is 2.58. The van der Waals surface area contributed by atoms with Gasteiger partial charge in [-0.15, -0.1) is 0 Å². The van der Waals surface area contributed by atoms with Crippen LogP contribution in [-0.2, 0) is 21.1 Å². The molecule has 12 heavy (non-hydrogen) atoms. The Labute approximate surface area is 84.1 Å². The summed E-state index contributed by atoms with van der Waals surface area (Å²) in [5.41, 5.74) is 0.918. The first-order valence-corrected chi connectivity index (χ1v) is 3.22. The SMILES string of the molecule is [W].[c-]1nnc(-c2ccccc2)o1. The van der Waals surface area contributed by atoms with Crippen LogP contribution in [0.5, 0.6) is 0 Å². The first-order valence-electron chi connectivity index (χ1n) is 3.22.